The summed E-state index contributed by atoms with van der Waals surface area (Å²) < 4.78 is 0. The van der Waals surface area contributed by atoms with E-state index in [2.05, 4.69) is 283 Å². The van der Waals surface area contributed by atoms with Crippen molar-refractivity contribution in [1.29, 1.82) is 0 Å². The van der Waals surface area contributed by atoms with Crippen LogP contribution in [0.2, 0.25) is 0 Å². The van der Waals surface area contributed by atoms with E-state index in [1.165, 1.54) is 112 Å². The SMILES string of the molecule is c1ccc([Si]2(c3ccccc3)c3ccccc3N(c3cc(N4c5ccccc5[Si](c5ccccc5)(c5ccccc5)c5ccccc54)c4c5c3Sc3ccccc3B5c3ccccc3S4)c3ccccc32)cc1. The zero-order valence-electron chi connectivity index (χ0n) is 39.8. The van der Waals surface area contributed by atoms with Crippen molar-refractivity contribution in [2.45, 2.75) is 19.6 Å². The van der Waals surface area contributed by atoms with E-state index >= 15 is 0 Å². The predicted octanol–water partition coefficient (Wildman–Crippen LogP) is 9.45. The van der Waals surface area contributed by atoms with Gasteiger partial charge < -0.3 is 9.80 Å². The lowest BCUT2D eigenvalue weighted by molar-refractivity contribution is 1.18. The number of fused-ring (bicyclic) bond motifs is 8. The smallest absolute Gasteiger partial charge is 0.247 e. The minimum absolute atomic E-state index is 0.0355. The van der Waals surface area contributed by atoms with E-state index in [9.17, 15) is 0 Å². The van der Waals surface area contributed by atoms with E-state index < -0.39 is 16.1 Å². The first-order valence-electron chi connectivity index (χ1n) is 25.2. The van der Waals surface area contributed by atoms with Crippen molar-refractivity contribution in [3.63, 3.8) is 0 Å². The zero-order chi connectivity index (χ0) is 48.1. The molecule has 0 atom stereocenters. The number of rotatable bonds is 6. The van der Waals surface area contributed by atoms with Crippen molar-refractivity contribution in [2.24, 2.45) is 0 Å². The Labute approximate surface area is 437 Å². The third kappa shape index (κ3) is 6.08. The third-order valence-electron chi connectivity index (χ3n) is 15.9. The van der Waals surface area contributed by atoms with Crippen molar-refractivity contribution in [2.75, 3.05) is 9.80 Å². The van der Waals surface area contributed by atoms with Crippen LogP contribution in [-0.2, 0) is 0 Å². The van der Waals surface area contributed by atoms with Crippen molar-refractivity contribution in [3.8, 4) is 0 Å². The predicted molar refractivity (Wildman–Crippen MR) is 316 cm³/mol. The van der Waals surface area contributed by atoms with Gasteiger partial charge in [-0.05, 0) is 89.4 Å². The second-order valence-corrected chi connectivity index (χ2v) is 29.0. The Morgan fingerprint density at radius 2 is 0.548 bits per heavy atom. The van der Waals surface area contributed by atoms with Gasteiger partial charge in [0, 0.05) is 42.3 Å². The highest BCUT2D eigenvalue weighted by molar-refractivity contribution is 8.01. The molecule has 0 bridgehead atoms. The molecule has 0 amide bonds. The van der Waals surface area contributed by atoms with Gasteiger partial charge >= 0.3 is 0 Å². The molecule has 342 valence electrons. The summed E-state index contributed by atoms with van der Waals surface area (Å²) in [4.78, 5) is 10.6. The summed E-state index contributed by atoms with van der Waals surface area (Å²) >= 11 is 3.90. The standard InChI is InChI=1S/C66H45BN2S2Si2/c1-5-25-46(26-6-1)72(47-27-7-2-8-28-47)60-41-21-15-35-52(60)68(53-36-16-22-42-61(53)72)56-45-57(66-64-65(56)70-58-39-19-13-33-50(58)67(64)51-34-14-20-40-59(51)71-66)69-54-37-17-23-43-62(54)73(48-29-9-3-10-30-48,49-31-11-4-12-32-49)63-44-24-18-38-55(63)69/h1-45H. The quantitative estimate of drug-likeness (QED) is 0.153. The minimum atomic E-state index is -2.89. The first-order chi connectivity index (χ1) is 36.3. The van der Waals surface area contributed by atoms with Gasteiger partial charge in [-0.25, -0.2) is 0 Å². The van der Waals surface area contributed by atoms with Crippen LogP contribution >= 0.6 is 23.5 Å². The summed E-state index contributed by atoms with van der Waals surface area (Å²) in [6.07, 6.45) is 0. The van der Waals surface area contributed by atoms with E-state index in [0.29, 0.717) is 0 Å². The van der Waals surface area contributed by atoms with Crippen LogP contribution in [0.4, 0.5) is 34.1 Å². The first-order valence-corrected chi connectivity index (χ1v) is 30.8. The fraction of sp³-hybridized carbons (Fsp3) is 0. The van der Waals surface area contributed by atoms with Crippen molar-refractivity contribution in [1.82, 2.24) is 0 Å². The highest BCUT2D eigenvalue weighted by atomic mass is 32.2. The maximum Gasteiger partial charge on any atom is 0.247 e. The van der Waals surface area contributed by atoms with Crippen LogP contribution in [0.25, 0.3) is 0 Å². The highest BCUT2D eigenvalue weighted by Crippen LogP contribution is 2.53. The summed E-state index contributed by atoms with van der Waals surface area (Å²) in [5, 5.41) is 11.1. The molecule has 11 aromatic rings. The second kappa shape index (κ2) is 16.9. The van der Waals surface area contributed by atoms with Crippen LogP contribution in [0.15, 0.2) is 293 Å². The molecule has 0 radical (unpaired) electrons. The molecule has 0 N–H and O–H groups in total. The van der Waals surface area contributed by atoms with E-state index in [-0.39, 0.29) is 6.71 Å². The number of nitrogens with zero attached hydrogens (tertiary/aromatic N) is 2. The van der Waals surface area contributed by atoms with Crippen LogP contribution in [0, 0.1) is 0 Å². The van der Waals surface area contributed by atoms with Gasteiger partial charge in [0.1, 0.15) is 0 Å². The Kier molecular flexibility index (Phi) is 9.92. The van der Waals surface area contributed by atoms with Gasteiger partial charge in [0.25, 0.3) is 0 Å². The molecule has 73 heavy (non-hydrogen) atoms. The lowest BCUT2D eigenvalue weighted by Gasteiger charge is -2.48. The van der Waals surface area contributed by atoms with Crippen LogP contribution in [0.5, 0.6) is 0 Å². The molecule has 0 unspecified atom stereocenters. The lowest BCUT2D eigenvalue weighted by Crippen LogP contribution is -2.77. The summed E-state index contributed by atoms with van der Waals surface area (Å²) in [6.45, 7) is 0.0355. The molecule has 15 rings (SSSR count). The topological polar surface area (TPSA) is 6.48 Å². The van der Waals surface area contributed by atoms with Gasteiger partial charge in [0.05, 0.1) is 11.4 Å². The largest absolute Gasteiger partial charge is 0.309 e. The molecule has 0 saturated carbocycles. The molecular formula is C66H45BN2S2Si2. The van der Waals surface area contributed by atoms with Gasteiger partial charge in [-0.2, -0.15) is 0 Å². The fourth-order valence-corrected chi connectivity index (χ4v) is 25.9. The minimum Gasteiger partial charge on any atom is -0.309 e. The average molecular weight is 997 g/mol. The molecule has 0 fully saturated rings. The Hall–Kier alpha value is -7.78. The average Bonchev–Trinajstić information content (AvgIpc) is 3.47. The molecule has 0 aromatic heterocycles. The first kappa shape index (κ1) is 42.9. The van der Waals surface area contributed by atoms with E-state index in [4.69, 9.17) is 0 Å². The number of hydrogen-bond donors (Lipinski definition) is 0. The molecule has 0 aliphatic carbocycles. The third-order valence-corrected chi connectivity index (χ3v) is 28.1. The maximum atomic E-state index is 2.67. The van der Waals surface area contributed by atoms with E-state index in [1.807, 2.05) is 23.5 Å². The van der Waals surface area contributed by atoms with Crippen molar-refractivity contribution in [3.05, 3.63) is 273 Å². The van der Waals surface area contributed by atoms with Crippen LogP contribution in [0.1, 0.15) is 0 Å². The van der Waals surface area contributed by atoms with Gasteiger partial charge in [-0.15, -0.1) is 0 Å². The van der Waals surface area contributed by atoms with Crippen LogP contribution in [-0.4, -0.2) is 22.9 Å². The van der Waals surface area contributed by atoms with Crippen molar-refractivity contribution >= 4 is 138 Å². The number of benzene rings is 11. The maximum absolute atomic E-state index is 2.89. The number of hydrogen-bond acceptors (Lipinski definition) is 4. The van der Waals surface area contributed by atoms with Gasteiger partial charge in [-0.3, -0.25) is 0 Å². The Morgan fingerprint density at radius 1 is 0.274 bits per heavy atom. The molecule has 11 aromatic carbocycles. The Morgan fingerprint density at radius 3 is 0.877 bits per heavy atom. The molecule has 0 saturated heterocycles. The summed E-state index contributed by atoms with van der Waals surface area (Å²) in [5.74, 6) is 0. The van der Waals surface area contributed by atoms with Gasteiger partial charge in [-0.1, -0.05) is 265 Å². The number of para-hydroxylation sites is 4. The molecule has 2 nitrogen and oxygen atoms in total. The Balaban J connectivity index is 1.07. The van der Waals surface area contributed by atoms with E-state index in [1.54, 1.807) is 0 Å². The molecule has 4 heterocycles. The molecule has 4 aliphatic rings. The second-order valence-electron chi connectivity index (χ2n) is 19.4. The van der Waals surface area contributed by atoms with Crippen molar-refractivity contribution < 1.29 is 0 Å². The zero-order valence-corrected chi connectivity index (χ0v) is 43.4. The fourth-order valence-electron chi connectivity index (χ4n) is 13.1. The molecule has 7 heteroatoms. The normalized spacial score (nSPS) is 14.9. The summed E-state index contributed by atoms with van der Waals surface area (Å²) in [7, 11) is -5.78. The van der Waals surface area contributed by atoms with Gasteiger partial charge in [0.2, 0.25) is 6.71 Å². The Bertz CT molecular complexity index is 3540. The molecule has 0 spiro atoms. The van der Waals surface area contributed by atoms with Crippen LogP contribution < -0.4 is 67.7 Å². The monoisotopic (exact) mass is 996 g/mol. The van der Waals surface area contributed by atoms with E-state index in [0.717, 1.165) is 0 Å². The highest BCUT2D eigenvalue weighted by Gasteiger charge is 2.52. The summed E-state index contributed by atoms with van der Waals surface area (Å²) in [5.41, 5.74) is 11.5. The summed E-state index contributed by atoms with van der Waals surface area (Å²) in [6, 6.07) is 104. The molecule has 4 aliphatic heterocycles. The lowest BCUT2D eigenvalue weighted by atomic mass is 9.36. The number of anilines is 6. The van der Waals surface area contributed by atoms with Gasteiger partial charge in [0.15, 0.2) is 16.1 Å². The van der Waals surface area contributed by atoms with Crippen LogP contribution in [0.3, 0.4) is 0 Å². The molecular weight excluding hydrogens is 952 g/mol.